The van der Waals surface area contributed by atoms with Gasteiger partial charge < -0.3 is 14.8 Å². The van der Waals surface area contributed by atoms with Crippen LogP contribution in [0.1, 0.15) is 31.8 Å². The van der Waals surface area contributed by atoms with Crippen LogP contribution in [0.3, 0.4) is 0 Å². The van der Waals surface area contributed by atoms with Gasteiger partial charge in [-0.25, -0.2) is 0 Å². The average Bonchev–Trinajstić information content (AvgIpc) is 2.75. The van der Waals surface area contributed by atoms with Gasteiger partial charge in [-0.1, -0.05) is 28.1 Å². The lowest BCUT2D eigenvalue weighted by molar-refractivity contribution is 0.101. The minimum atomic E-state index is -0.246. The fourth-order valence-corrected chi connectivity index (χ4v) is 3.09. The number of hydrogen-bond acceptors (Lipinski definition) is 4. The van der Waals surface area contributed by atoms with Gasteiger partial charge in [0.2, 0.25) is 0 Å². The zero-order valence-electron chi connectivity index (χ0n) is 16.3. The first-order valence-corrected chi connectivity index (χ1v) is 9.66. The summed E-state index contributed by atoms with van der Waals surface area (Å²) in [7, 11) is 3.05. The number of anilines is 1. The summed E-state index contributed by atoms with van der Waals surface area (Å²) >= 11 is 3.44. The lowest BCUT2D eigenvalue weighted by Crippen LogP contribution is -2.12. The van der Waals surface area contributed by atoms with E-state index in [1.54, 1.807) is 42.5 Å². The molecule has 0 aliphatic heterocycles. The van der Waals surface area contributed by atoms with Crippen molar-refractivity contribution in [2.45, 2.75) is 6.92 Å². The molecule has 0 spiro atoms. The highest BCUT2D eigenvalue weighted by Crippen LogP contribution is 2.27. The Labute approximate surface area is 177 Å². The van der Waals surface area contributed by atoms with Crippen LogP contribution in [0.5, 0.6) is 11.5 Å². The second-order valence-electron chi connectivity index (χ2n) is 6.39. The molecule has 1 N–H and O–H groups in total. The van der Waals surface area contributed by atoms with Gasteiger partial charge in [0.15, 0.2) is 5.78 Å². The Hall–Kier alpha value is -3.12. The van der Waals surface area contributed by atoms with E-state index in [0.29, 0.717) is 33.9 Å². The largest absolute Gasteiger partial charge is 0.497 e. The molecule has 0 radical (unpaired) electrons. The maximum Gasteiger partial charge on any atom is 0.255 e. The van der Waals surface area contributed by atoms with Gasteiger partial charge in [-0.15, -0.1) is 0 Å². The molecule has 0 atom stereocenters. The molecule has 0 aliphatic rings. The highest BCUT2D eigenvalue weighted by Gasteiger charge is 2.16. The predicted octanol–water partition coefficient (Wildman–Crippen LogP) is 5.26. The number of ether oxygens (including phenoxy) is 2. The Morgan fingerprint density at radius 2 is 1.55 bits per heavy atom. The van der Waals surface area contributed by atoms with Crippen molar-refractivity contribution in [1.29, 1.82) is 0 Å². The molecule has 0 aromatic heterocycles. The van der Waals surface area contributed by atoms with Crippen LogP contribution in [-0.4, -0.2) is 25.9 Å². The van der Waals surface area contributed by atoms with Crippen molar-refractivity contribution in [3.63, 3.8) is 0 Å². The van der Waals surface area contributed by atoms with Crippen molar-refractivity contribution >= 4 is 33.3 Å². The molecular weight excluding hydrogens is 434 g/mol. The summed E-state index contributed by atoms with van der Waals surface area (Å²) in [6.07, 6.45) is 0. The van der Waals surface area contributed by atoms with Gasteiger partial charge in [0.1, 0.15) is 11.5 Å². The summed E-state index contributed by atoms with van der Waals surface area (Å²) in [5, 5.41) is 2.86. The number of carbonyl (C=O) groups excluding carboxylic acids is 2. The molecule has 5 nitrogen and oxygen atoms in total. The lowest BCUT2D eigenvalue weighted by Gasteiger charge is -2.10. The zero-order valence-corrected chi connectivity index (χ0v) is 17.9. The fraction of sp³-hybridized carbons (Fsp3) is 0.130. The minimum absolute atomic E-state index is 0.212. The number of nitrogens with one attached hydrogen (secondary N) is 1. The number of halogens is 1. The second-order valence-corrected chi connectivity index (χ2v) is 7.25. The maximum atomic E-state index is 12.9. The SMILES string of the molecule is COc1ccc(OC)c(C(=O)c2ccc(C(=O)Nc3ccc(Br)c(C)c3)cc2)c1. The third-order valence-corrected chi connectivity index (χ3v) is 5.37. The number of aryl methyl sites for hydroxylation is 1. The summed E-state index contributed by atoms with van der Waals surface area (Å²) in [6, 6.07) is 17.2. The molecule has 0 aliphatic carbocycles. The van der Waals surface area contributed by atoms with Crippen LogP contribution in [-0.2, 0) is 0 Å². The number of benzene rings is 3. The van der Waals surface area contributed by atoms with Crippen LogP contribution in [0.4, 0.5) is 5.69 Å². The molecule has 1 amide bonds. The van der Waals surface area contributed by atoms with E-state index in [0.717, 1.165) is 10.0 Å². The summed E-state index contributed by atoms with van der Waals surface area (Å²) < 4.78 is 11.5. The lowest BCUT2D eigenvalue weighted by atomic mass is 10.0. The smallest absolute Gasteiger partial charge is 0.255 e. The molecule has 3 aromatic rings. The molecular formula is C23H20BrNO4. The van der Waals surface area contributed by atoms with E-state index in [4.69, 9.17) is 9.47 Å². The molecule has 6 heteroatoms. The topological polar surface area (TPSA) is 64.6 Å². The van der Waals surface area contributed by atoms with Gasteiger partial charge in [-0.05, 0) is 61.0 Å². The summed E-state index contributed by atoms with van der Waals surface area (Å²) in [5.74, 6) is 0.569. The third-order valence-electron chi connectivity index (χ3n) is 4.48. The van der Waals surface area contributed by atoms with Gasteiger partial charge in [0, 0.05) is 21.3 Å². The van der Waals surface area contributed by atoms with Gasteiger partial charge in [-0.2, -0.15) is 0 Å². The Balaban J connectivity index is 1.80. The molecule has 0 saturated heterocycles. The fourth-order valence-electron chi connectivity index (χ4n) is 2.85. The van der Waals surface area contributed by atoms with Crippen molar-refractivity contribution in [3.05, 3.63) is 87.4 Å². The first-order valence-electron chi connectivity index (χ1n) is 8.87. The van der Waals surface area contributed by atoms with E-state index in [2.05, 4.69) is 21.2 Å². The standard InChI is InChI=1S/C23H20BrNO4/c1-14-12-17(8-10-20(14)24)25-23(27)16-6-4-15(5-7-16)22(26)19-13-18(28-2)9-11-21(19)29-3/h4-13H,1-3H3,(H,25,27). The summed E-state index contributed by atoms with van der Waals surface area (Å²) in [6.45, 7) is 1.95. The van der Waals surface area contributed by atoms with Crippen molar-refractivity contribution in [2.24, 2.45) is 0 Å². The molecule has 148 valence electrons. The van der Waals surface area contributed by atoms with E-state index in [-0.39, 0.29) is 11.7 Å². The van der Waals surface area contributed by atoms with Gasteiger partial charge in [0.25, 0.3) is 5.91 Å². The Morgan fingerprint density at radius 3 is 2.17 bits per heavy atom. The minimum Gasteiger partial charge on any atom is -0.497 e. The number of amides is 1. The van der Waals surface area contributed by atoms with Crippen molar-refractivity contribution in [2.75, 3.05) is 19.5 Å². The summed E-state index contributed by atoms with van der Waals surface area (Å²) in [4.78, 5) is 25.4. The molecule has 3 aromatic carbocycles. The van der Waals surface area contributed by atoms with Gasteiger partial charge in [0.05, 0.1) is 19.8 Å². The monoisotopic (exact) mass is 453 g/mol. The van der Waals surface area contributed by atoms with Gasteiger partial charge in [-0.3, -0.25) is 9.59 Å². The molecule has 0 saturated carbocycles. The van der Waals surface area contributed by atoms with Crippen LogP contribution >= 0.6 is 15.9 Å². The molecule has 0 heterocycles. The van der Waals surface area contributed by atoms with E-state index >= 15 is 0 Å². The highest BCUT2D eigenvalue weighted by molar-refractivity contribution is 9.10. The third kappa shape index (κ3) is 4.66. The molecule has 0 bridgehead atoms. The number of hydrogen-bond donors (Lipinski definition) is 1. The molecule has 0 fully saturated rings. The van der Waals surface area contributed by atoms with Crippen molar-refractivity contribution in [3.8, 4) is 11.5 Å². The zero-order chi connectivity index (χ0) is 21.0. The van der Waals surface area contributed by atoms with Crippen LogP contribution in [0, 0.1) is 6.92 Å². The number of methoxy groups -OCH3 is 2. The van der Waals surface area contributed by atoms with Crippen LogP contribution in [0.15, 0.2) is 65.1 Å². The van der Waals surface area contributed by atoms with Crippen LogP contribution in [0.2, 0.25) is 0 Å². The number of rotatable bonds is 6. The highest BCUT2D eigenvalue weighted by atomic mass is 79.9. The first-order chi connectivity index (χ1) is 13.9. The first kappa shape index (κ1) is 20.6. The van der Waals surface area contributed by atoms with Crippen LogP contribution < -0.4 is 14.8 Å². The molecule has 0 unspecified atom stereocenters. The molecule has 29 heavy (non-hydrogen) atoms. The van der Waals surface area contributed by atoms with E-state index in [1.807, 2.05) is 25.1 Å². The van der Waals surface area contributed by atoms with Gasteiger partial charge >= 0.3 is 0 Å². The number of carbonyl (C=O) groups is 2. The summed E-state index contributed by atoms with van der Waals surface area (Å²) in [5.41, 5.74) is 3.04. The quantitative estimate of drug-likeness (QED) is 0.517. The molecule has 3 rings (SSSR count). The average molecular weight is 454 g/mol. The van der Waals surface area contributed by atoms with Crippen molar-refractivity contribution in [1.82, 2.24) is 0 Å². The maximum absolute atomic E-state index is 12.9. The Kier molecular flexibility index (Phi) is 6.34. The van der Waals surface area contributed by atoms with E-state index < -0.39 is 0 Å². The van der Waals surface area contributed by atoms with E-state index in [9.17, 15) is 9.59 Å². The Morgan fingerprint density at radius 1 is 0.862 bits per heavy atom. The number of ketones is 1. The predicted molar refractivity (Wildman–Crippen MR) is 116 cm³/mol. The van der Waals surface area contributed by atoms with E-state index in [1.165, 1.54) is 14.2 Å². The van der Waals surface area contributed by atoms with Crippen LogP contribution in [0.25, 0.3) is 0 Å². The van der Waals surface area contributed by atoms with Crippen molar-refractivity contribution < 1.29 is 19.1 Å². The normalized spacial score (nSPS) is 10.3. The Bertz CT molecular complexity index is 1060. The second kappa shape index (κ2) is 8.92.